The topological polar surface area (TPSA) is 49.4 Å². The quantitative estimate of drug-likeness (QED) is 0.578. The molecule has 4 rings (SSSR count). The van der Waals surface area contributed by atoms with Gasteiger partial charge in [-0.3, -0.25) is 9.59 Å². The molecule has 0 spiro atoms. The lowest BCUT2D eigenvalue weighted by molar-refractivity contribution is -0.119. The number of thiophene rings is 1. The molecule has 1 aromatic heterocycles. The third kappa shape index (κ3) is 3.27. The number of amides is 2. The van der Waals surface area contributed by atoms with E-state index < -0.39 is 5.92 Å². The lowest BCUT2D eigenvalue weighted by Gasteiger charge is -2.39. The highest BCUT2D eigenvalue weighted by Gasteiger charge is 2.43. The molecule has 2 amide bonds. The Morgan fingerprint density at radius 2 is 1.93 bits per heavy atom. The van der Waals surface area contributed by atoms with E-state index in [-0.39, 0.29) is 17.9 Å². The van der Waals surface area contributed by atoms with Crippen molar-refractivity contribution >= 4 is 44.8 Å². The Morgan fingerprint density at radius 3 is 2.64 bits per heavy atom. The summed E-state index contributed by atoms with van der Waals surface area (Å²) < 4.78 is 0.835. The monoisotopic (exact) mass is 454 g/mol. The van der Waals surface area contributed by atoms with Gasteiger partial charge in [0.2, 0.25) is 5.91 Å². The maximum absolute atomic E-state index is 13.5. The Morgan fingerprint density at radius 1 is 1.14 bits per heavy atom. The lowest BCUT2D eigenvalue weighted by Crippen LogP contribution is -2.43. The normalized spacial score (nSPS) is 18.7. The first-order valence-corrected chi connectivity index (χ1v) is 10.6. The molecule has 28 heavy (non-hydrogen) atoms. The van der Waals surface area contributed by atoms with Crippen molar-refractivity contribution in [2.24, 2.45) is 0 Å². The van der Waals surface area contributed by atoms with Crippen LogP contribution in [0.25, 0.3) is 0 Å². The van der Waals surface area contributed by atoms with E-state index in [1.165, 1.54) is 0 Å². The predicted octanol–water partition coefficient (Wildman–Crippen LogP) is 5.37. The average molecular weight is 455 g/mol. The van der Waals surface area contributed by atoms with Crippen LogP contribution in [0.3, 0.4) is 0 Å². The Labute approximate surface area is 176 Å². The second-order valence-corrected chi connectivity index (χ2v) is 8.75. The summed E-state index contributed by atoms with van der Waals surface area (Å²) in [6.45, 7) is 2.00. The summed E-state index contributed by atoms with van der Waals surface area (Å²) >= 11 is 5.09. The van der Waals surface area contributed by atoms with Gasteiger partial charge in [0.25, 0.3) is 5.91 Å². The van der Waals surface area contributed by atoms with E-state index in [1.54, 1.807) is 29.4 Å². The third-order valence-electron chi connectivity index (χ3n) is 5.08. The van der Waals surface area contributed by atoms with Gasteiger partial charge in [-0.2, -0.15) is 0 Å². The van der Waals surface area contributed by atoms with E-state index in [0.29, 0.717) is 5.56 Å². The van der Waals surface area contributed by atoms with E-state index in [9.17, 15) is 9.59 Å². The van der Waals surface area contributed by atoms with Crippen LogP contribution in [0.2, 0.25) is 0 Å². The standard InChI is InChI=1S/C22H19BrN2O2S/c1-13-9-10-17(16(23)12-13)24-21(26)19-14-6-3-4-7-15(14)22(27)25(2)20(19)18-8-5-11-28-18/h3-12,19-20H,1-2H3,(H,24,26)/t19-,20+/m1/s1. The fourth-order valence-corrected chi connectivity index (χ4v) is 5.20. The van der Waals surface area contributed by atoms with Gasteiger partial charge in [-0.15, -0.1) is 11.3 Å². The van der Waals surface area contributed by atoms with Crippen molar-refractivity contribution in [3.63, 3.8) is 0 Å². The van der Waals surface area contributed by atoms with Gasteiger partial charge in [-0.25, -0.2) is 0 Å². The Kier molecular flexibility index (Phi) is 5.08. The van der Waals surface area contributed by atoms with Gasteiger partial charge in [0.1, 0.15) is 0 Å². The van der Waals surface area contributed by atoms with Crippen molar-refractivity contribution in [2.75, 3.05) is 12.4 Å². The van der Waals surface area contributed by atoms with Crippen molar-refractivity contribution in [3.8, 4) is 0 Å². The fourth-order valence-electron chi connectivity index (χ4n) is 3.70. The number of rotatable bonds is 3. The van der Waals surface area contributed by atoms with E-state index in [1.807, 2.05) is 60.8 Å². The SMILES string of the molecule is Cc1ccc(NC(=O)[C@@H]2c3ccccc3C(=O)N(C)[C@H]2c2cccs2)c(Br)c1. The maximum atomic E-state index is 13.5. The first-order chi connectivity index (χ1) is 13.5. The minimum absolute atomic E-state index is 0.0606. The molecule has 1 aliphatic rings. The smallest absolute Gasteiger partial charge is 0.254 e. The summed E-state index contributed by atoms with van der Waals surface area (Å²) in [6, 6.07) is 16.8. The Balaban J connectivity index is 1.79. The largest absolute Gasteiger partial charge is 0.333 e. The molecule has 0 bridgehead atoms. The zero-order valence-corrected chi connectivity index (χ0v) is 17.9. The molecule has 4 nitrogen and oxygen atoms in total. The van der Waals surface area contributed by atoms with Gasteiger partial charge >= 0.3 is 0 Å². The number of hydrogen-bond donors (Lipinski definition) is 1. The van der Waals surface area contributed by atoms with Crippen LogP contribution in [0.1, 0.15) is 38.3 Å². The molecule has 1 aliphatic heterocycles. The molecular formula is C22H19BrN2O2S. The number of nitrogens with zero attached hydrogens (tertiary/aromatic N) is 1. The number of anilines is 1. The number of likely N-dealkylation sites (N-methyl/N-ethyl adjacent to an activating group) is 1. The number of halogens is 1. The molecule has 0 saturated carbocycles. The highest BCUT2D eigenvalue weighted by atomic mass is 79.9. The minimum Gasteiger partial charge on any atom is -0.333 e. The molecule has 2 aromatic carbocycles. The zero-order chi connectivity index (χ0) is 19.8. The third-order valence-corrected chi connectivity index (χ3v) is 6.68. The van der Waals surface area contributed by atoms with Gasteiger partial charge in [0, 0.05) is 22.0 Å². The summed E-state index contributed by atoms with van der Waals surface area (Å²) in [6.07, 6.45) is 0. The maximum Gasteiger partial charge on any atom is 0.254 e. The second-order valence-electron chi connectivity index (χ2n) is 6.91. The molecule has 142 valence electrons. The molecular weight excluding hydrogens is 436 g/mol. The van der Waals surface area contributed by atoms with Gasteiger partial charge in [0.05, 0.1) is 17.6 Å². The van der Waals surface area contributed by atoms with Gasteiger partial charge < -0.3 is 10.2 Å². The average Bonchev–Trinajstić information content (AvgIpc) is 3.21. The number of aryl methyl sites for hydroxylation is 1. The molecule has 1 N–H and O–H groups in total. The fraction of sp³-hybridized carbons (Fsp3) is 0.182. The van der Waals surface area contributed by atoms with E-state index >= 15 is 0 Å². The van der Waals surface area contributed by atoms with Crippen molar-refractivity contribution in [1.82, 2.24) is 4.90 Å². The van der Waals surface area contributed by atoms with E-state index in [2.05, 4.69) is 21.2 Å². The van der Waals surface area contributed by atoms with Crippen LogP contribution in [0.4, 0.5) is 5.69 Å². The molecule has 0 aliphatic carbocycles. The molecule has 0 unspecified atom stereocenters. The summed E-state index contributed by atoms with van der Waals surface area (Å²) in [5, 5.41) is 5.03. The molecule has 0 saturated heterocycles. The first-order valence-electron chi connectivity index (χ1n) is 8.94. The summed E-state index contributed by atoms with van der Waals surface area (Å²) in [5.41, 5.74) is 3.18. The van der Waals surface area contributed by atoms with Crippen LogP contribution >= 0.6 is 27.3 Å². The number of carbonyl (C=O) groups is 2. The van der Waals surface area contributed by atoms with Crippen molar-refractivity contribution in [1.29, 1.82) is 0 Å². The van der Waals surface area contributed by atoms with Crippen LogP contribution in [-0.4, -0.2) is 23.8 Å². The molecule has 2 atom stereocenters. The predicted molar refractivity (Wildman–Crippen MR) is 116 cm³/mol. The lowest BCUT2D eigenvalue weighted by atomic mass is 9.81. The molecule has 3 aromatic rings. The molecule has 6 heteroatoms. The minimum atomic E-state index is -0.495. The summed E-state index contributed by atoms with van der Waals surface area (Å²) in [7, 11) is 1.77. The number of carbonyl (C=O) groups excluding carboxylic acids is 2. The zero-order valence-electron chi connectivity index (χ0n) is 15.5. The highest BCUT2D eigenvalue weighted by Crippen LogP contribution is 2.44. The Bertz CT molecular complexity index is 1050. The second kappa shape index (κ2) is 7.53. The van der Waals surface area contributed by atoms with E-state index in [4.69, 9.17) is 0 Å². The van der Waals surface area contributed by atoms with Crippen LogP contribution in [0, 0.1) is 6.92 Å². The summed E-state index contributed by atoms with van der Waals surface area (Å²) in [5.74, 6) is -0.685. The van der Waals surface area contributed by atoms with Gasteiger partial charge in [-0.1, -0.05) is 30.3 Å². The van der Waals surface area contributed by atoms with Crippen molar-refractivity contribution < 1.29 is 9.59 Å². The number of hydrogen-bond acceptors (Lipinski definition) is 3. The number of benzene rings is 2. The van der Waals surface area contributed by atoms with Gasteiger partial charge in [0.15, 0.2) is 0 Å². The number of fused-ring (bicyclic) bond motifs is 1. The van der Waals surface area contributed by atoms with Crippen LogP contribution in [0.5, 0.6) is 0 Å². The van der Waals surface area contributed by atoms with E-state index in [0.717, 1.165) is 26.2 Å². The van der Waals surface area contributed by atoms with Crippen LogP contribution in [0.15, 0.2) is 64.5 Å². The van der Waals surface area contributed by atoms with Crippen LogP contribution in [-0.2, 0) is 4.79 Å². The van der Waals surface area contributed by atoms with Crippen LogP contribution < -0.4 is 5.32 Å². The number of nitrogens with one attached hydrogen (secondary N) is 1. The molecule has 0 fully saturated rings. The van der Waals surface area contributed by atoms with Gasteiger partial charge in [-0.05, 0) is 63.6 Å². The Hall–Kier alpha value is -2.44. The molecule has 2 heterocycles. The van der Waals surface area contributed by atoms with Crippen molar-refractivity contribution in [2.45, 2.75) is 18.9 Å². The molecule has 0 radical (unpaired) electrons. The summed E-state index contributed by atoms with van der Waals surface area (Å²) in [4.78, 5) is 29.1. The highest BCUT2D eigenvalue weighted by molar-refractivity contribution is 9.10. The first kappa shape index (κ1) is 18.9. The van der Waals surface area contributed by atoms with Crippen molar-refractivity contribution in [3.05, 3.63) is 86.0 Å².